The van der Waals surface area contributed by atoms with E-state index >= 15 is 0 Å². The van der Waals surface area contributed by atoms with E-state index in [4.69, 9.17) is 0 Å². The van der Waals surface area contributed by atoms with Crippen molar-refractivity contribution in [1.82, 2.24) is 0 Å². The topological polar surface area (TPSA) is 0 Å². The summed E-state index contributed by atoms with van der Waals surface area (Å²) in [4.78, 5) is 0. The van der Waals surface area contributed by atoms with Crippen LogP contribution in [-0.2, 0) is 0 Å². The summed E-state index contributed by atoms with van der Waals surface area (Å²) in [5, 5.41) is 0. The standard InChI is InChI=1S/C15H28.2C2H6.2B/c1-12-3-7-14(8-4-12)11-15-9-5-13(2)6-10-15;2*1-2;;/h12-15H,3-11H2,1-2H3;2*1-2H3;;. The van der Waals surface area contributed by atoms with Crippen LogP contribution in [-0.4, -0.2) is 16.8 Å². The quantitative estimate of drug-likeness (QED) is 0.522. The first kappa shape index (κ1) is 26.0. The normalized spacial score (nSPS) is 31.1. The molecule has 0 aliphatic heterocycles. The smallest absolute Gasteiger partial charge is 0 e. The molecule has 21 heavy (non-hydrogen) atoms. The van der Waals surface area contributed by atoms with Gasteiger partial charge in [0.15, 0.2) is 0 Å². The van der Waals surface area contributed by atoms with Crippen molar-refractivity contribution in [1.29, 1.82) is 0 Å². The highest BCUT2D eigenvalue weighted by Crippen LogP contribution is 2.37. The molecule has 2 rings (SSSR count). The third-order valence-corrected chi connectivity index (χ3v) is 4.94. The Morgan fingerprint density at radius 2 is 0.762 bits per heavy atom. The molecule has 0 aromatic heterocycles. The molecule has 6 radical (unpaired) electrons. The van der Waals surface area contributed by atoms with Crippen LogP contribution in [0.1, 0.15) is 99.3 Å². The second kappa shape index (κ2) is 16.5. The van der Waals surface area contributed by atoms with E-state index in [0.717, 1.165) is 23.7 Å². The molecule has 0 saturated heterocycles. The van der Waals surface area contributed by atoms with Gasteiger partial charge >= 0.3 is 0 Å². The molecule has 122 valence electrons. The molecule has 2 aliphatic carbocycles. The fraction of sp³-hybridized carbons (Fsp3) is 1.00. The molecule has 2 heteroatoms. The molecule has 0 unspecified atom stereocenters. The van der Waals surface area contributed by atoms with E-state index in [9.17, 15) is 0 Å². The van der Waals surface area contributed by atoms with Crippen molar-refractivity contribution < 1.29 is 0 Å². The van der Waals surface area contributed by atoms with E-state index in [1.165, 1.54) is 51.4 Å². The van der Waals surface area contributed by atoms with E-state index in [1.54, 1.807) is 6.42 Å². The summed E-state index contributed by atoms with van der Waals surface area (Å²) in [6.07, 6.45) is 13.7. The summed E-state index contributed by atoms with van der Waals surface area (Å²) < 4.78 is 0. The highest BCUT2D eigenvalue weighted by molar-refractivity contribution is 5.76. The van der Waals surface area contributed by atoms with Crippen LogP contribution in [0.4, 0.5) is 0 Å². The largest absolute Gasteiger partial charge is 0.0683 e. The molecule has 2 fully saturated rings. The molecule has 0 N–H and O–H groups in total. The molecule has 0 nitrogen and oxygen atoms in total. The molecule has 0 bridgehead atoms. The molecular weight excluding hydrogens is 250 g/mol. The first-order chi connectivity index (χ1) is 9.24. The Morgan fingerprint density at radius 3 is 1.00 bits per heavy atom. The molecule has 2 aliphatic rings. The molecule has 2 saturated carbocycles. The minimum Gasteiger partial charge on any atom is -0.0683 e. The average Bonchev–Trinajstić information content (AvgIpc) is 2.48. The summed E-state index contributed by atoms with van der Waals surface area (Å²) in [7, 11) is 0. The molecule has 0 aromatic carbocycles. The van der Waals surface area contributed by atoms with Gasteiger partial charge in [-0.3, -0.25) is 0 Å². The second-order valence-corrected chi connectivity index (χ2v) is 6.49. The van der Waals surface area contributed by atoms with Crippen molar-refractivity contribution in [2.75, 3.05) is 0 Å². The summed E-state index contributed by atoms with van der Waals surface area (Å²) in [6.45, 7) is 12.9. The van der Waals surface area contributed by atoms with Crippen LogP contribution in [0.25, 0.3) is 0 Å². The van der Waals surface area contributed by atoms with Crippen molar-refractivity contribution >= 4 is 16.8 Å². The number of hydrogen-bond donors (Lipinski definition) is 0. The summed E-state index contributed by atoms with van der Waals surface area (Å²) in [5.41, 5.74) is 0. The van der Waals surface area contributed by atoms with Crippen molar-refractivity contribution in [2.45, 2.75) is 99.3 Å². The predicted molar refractivity (Wildman–Crippen MR) is 101 cm³/mol. The van der Waals surface area contributed by atoms with Crippen LogP contribution < -0.4 is 0 Å². The number of hydrogen-bond acceptors (Lipinski definition) is 0. The Kier molecular flexibility index (Phi) is 20.5. The first-order valence-electron chi connectivity index (χ1n) is 9.24. The maximum absolute atomic E-state index is 2.43. The van der Waals surface area contributed by atoms with Gasteiger partial charge in [0.05, 0.1) is 0 Å². The molecule has 0 heterocycles. The predicted octanol–water partition coefficient (Wildman–Crippen LogP) is 6.32. The lowest BCUT2D eigenvalue weighted by Gasteiger charge is -2.32. The Morgan fingerprint density at radius 1 is 0.524 bits per heavy atom. The van der Waals surface area contributed by atoms with E-state index in [-0.39, 0.29) is 16.8 Å². The van der Waals surface area contributed by atoms with Gasteiger partial charge in [0.1, 0.15) is 0 Å². The van der Waals surface area contributed by atoms with E-state index in [0.29, 0.717) is 0 Å². The van der Waals surface area contributed by atoms with Crippen LogP contribution in [0, 0.1) is 23.7 Å². The van der Waals surface area contributed by atoms with Gasteiger partial charge in [0.2, 0.25) is 0 Å². The van der Waals surface area contributed by atoms with Crippen LogP contribution >= 0.6 is 0 Å². The van der Waals surface area contributed by atoms with Gasteiger partial charge in [-0.2, -0.15) is 0 Å². The fourth-order valence-corrected chi connectivity index (χ4v) is 3.60. The van der Waals surface area contributed by atoms with Gasteiger partial charge in [-0.25, -0.2) is 0 Å². The Hall–Kier alpha value is 0.130. The lowest BCUT2D eigenvalue weighted by molar-refractivity contribution is 0.201. The van der Waals surface area contributed by atoms with E-state index in [2.05, 4.69) is 13.8 Å². The highest BCUT2D eigenvalue weighted by atomic mass is 14.3. The van der Waals surface area contributed by atoms with Crippen LogP contribution in [0.3, 0.4) is 0 Å². The molecular formula is C19H40B2. The maximum atomic E-state index is 2.43. The minimum absolute atomic E-state index is 0. The van der Waals surface area contributed by atoms with Gasteiger partial charge in [0.25, 0.3) is 0 Å². The SMILES string of the molecule is CC.CC.CC1CCC(CC2CCC(C)CC2)CC1.[B].[B]. The third kappa shape index (κ3) is 11.4. The van der Waals surface area contributed by atoms with Crippen molar-refractivity contribution in [2.24, 2.45) is 23.7 Å². The Labute approximate surface area is 140 Å². The van der Waals surface area contributed by atoms with Crippen LogP contribution in [0.2, 0.25) is 0 Å². The molecule has 0 spiro atoms. The van der Waals surface area contributed by atoms with Crippen molar-refractivity contribution in [3.8, 4) is 0 Å². The van der Waals surface area contributed by atoms with E-state index < -0.39 is 0 Å². The molecule has 0 aromatic rings. The summed E-state index contributed by atoms with van der Waals surface area (Å²) in [5.74, 6) is 4.24. The minimum atomic E-state index is 0. The Bertz CT molecular complexity index is 158. The summed E-state index contributed by atoms with van der Waals surface area (Å²) in [6, 6.07) is 0. The van der Waals surface area contributed by atoms with Crippen molar-refractivity contribution in [3.05, 3.63) is 0 Å². The molecule has 0 atom stereocenters. The average molecular weight is 290 g/mol. The monoisotopic (exact) mass is 290 g/mol. The van der Waals surface area contributed by atoms with Gasteiger partial charge in [-0.05, 0) is 30.1 Å². The third-order valence-electron chi connectivity index (χ3n) is 4.94. The lowest BCUT2D eigenvalue weighted by Crippen LogP contribution is -2.19. The zero-order valence-electron chi connectivity index (χ0n) is 15.8. The van der Waals surface area contributed by atoms with Crippen LogP contribution in [0.5, 0.6) is 0 Å². The van der Waals surface area contributed by atoms with Gasteiger partial charge in [-0.1, -0.05) is 92.9 Å². The number of rotatable bonds is 2. The van der Waals surface area contributed by atoms with Gasteiger partial charge in [0, 0.05) is 16.8 Å². The zero-order chi connectivity index (χ0) is 14.7. The van der Waals surface area contributed by atoms with Crippen LogP contribution in [0.15, 0.2) is 0 Å². The van der Waals surface area contributed by atoms with Gasteiger partial charge in [-0.15, -0.1) is 0 Å². The zero-order valence-corrected chi connectivity index (χ0v) is 15.8. The van der Waals surface area contributed by atoms with Crippen molar-refractivity contribution in [3.63, 3.8) is 0 Å². The fourth-order valence-electron chi connectivity index (χ4n) is 3.60. The Balaban J connectivity index is -0.000000499. The first-order valence-corrected chi connectivity index (χ1v) is 9.24. The summed E-state index contributed by atoms with van der Waals surface area (Å²) >= 11 is 0. The molecule has 0 amide bonds. The lowest BCUT2D eigenvalue weighted by atomic mass is 9.74. The van der Waals surface area contributed by atoms with Gasteiger partial charge < -0.3 is 0 Å². The maximum Gasteiger partial charge on any atom is 0 e. The van der Waals surface area contributed by atoms with E-state index in [1.807, 2.05) is 27.7 Å². The highest BCUT2D eigenvalue weighted by Gasteiger charge is 2.24. The second-order valence-electron chi connectivity index (χ2n) is 6.49.